The van der Waals surface area contributed by atoms with Crippen LogP contribution < -0.4 is 0 Å². The molecule has 6 heteroatoms. The largest absolute Gasteiger partial charge is 0.394 e. The summed E-state index contributed by atoms with van der Waals surface area (Å²) < 4.78 is 12.4. The maximum absolute atomic E-state index is 14.5. The number of ketones is 1. The van der Waals surface area contributed by atoms with E-state index in [0.717, 1.165) is 38.5 Å². The van der Waals surface area contributed by atoms with Gasteiger partial charge in [0.05, 0.1) is 30.5 Å². The molecule has 3 unspecified atom stereocenters. The summed E-state index contributed by atoms with van der Waals surface area (Å²) in [5.41, 5.74) is 0.591. The molecule has 6 nitrogen and oxygen atoms in total. The highest BCUT2D eigenvalue weighted by Crippen LogP contribution is 2.73. The number of hydrogen-bond donors (Lipinski definition) is 3. The van der Waals surface area contributed by atoms with Gasteiger partial charge in [0.1, 0.15) is 5.78 Å². The average Bonchev–Trinajstić information content (AvgIpc) is 3.15. The number of Topliss-reactive ketones (excluding diaryl/α,β-unsaturated/α-hetero) is 1. The molecule has 0 aromatic heterocycles. The average molecular weight is 575 g/mol. The molecular formula is C35H58O6. The van der Waals surface area contributed by atoms with Crippen LogP contribution in [0.5, 0.6) is 0 Å². The van der Waals surface area contributed by atoms with Crippen LogP contribution in [0.3, 0.4) is 0 Å². The molecule has 1 saturated heterocycles. The van der Waals surface area contributed by atoms with Crippen LogP contribution in [-0.4, -0.2) is 57.9 Å². The minimum Gasteiger partial charge on any atom is -0.394 e. The predicted octanol–water partition coefficient (Wildman–Crippen LogP) is 6.20. The zero-order chi connectivity index (χ0) is 30.0. The van der Waals surface area contributed by atoms with Gasteiger partial charge in [-0.15, -0.1) is 0 Å². The van der Waals surface area contributed by atoms with Gasteiger partial charge >= 0.3 is 0 Å². The summed E-state index contributed by atoms with van der Waals surface area (Å²) in [6.07, 6.45) is 10.8. The number of carbonyl (C=O) groups excluding carboxylic acids is 1. The number of hydrogen-bond acceptors (Lipinski definition) is 6. The second kappa shape index (κ2) is 11.3. The lowest BCUT2D eigenvalue weighted by atomic mass is 9.39. The Morgan fingerprint density at radius 2 is 1.88 bits per heavy atom. The van der Waals surface area contributed by atoms with Gasteiger partial charge in [0.25, 0.3) is 0 Å². The highest BCUT2D eigenvalue weighted by molar-refractivity contribution is 5.88. The molecule has 0 aromatic carbocycles. The van der Waals surface area contributed by atoms with Gasteiger partial charge in [0.15, 0.2) is 6.29 Å². The van der Waals surface area contributed by atoms with E-state index in [0.29, 0.717) is 42.8 Å². The van der Waals surface area contributed by atoms with Gasteiger partial charge in [0, 0.05) is 30.6 Å². The molecule has 234 valence electrons. The van der Waals surface area contributed by atoms with Crippen LogP contribution in [0.2, 0.25) is 0 Å². The number of ether oxygens (including phenoxy) is 2. The lowest BCUT2D eigenvalue weighted by molar-refractivity contribution is -0.247. The number of aliphatic hydroxyl groups is 3. The fourth-order valence-electron chi connectivity index (χ4n) is 10.7. The van der Waals surface area contributed by atoms with Crippen molar-refractivity contribution in [3.05, 3.63) is 11.6 Å². The van der Waals surface area contributed by atoms with E-state index in [4.69, 9.17) is 9.47 Å². The number of rotatable bonds is 8. The summed E-state index contributed by atoms with van der Waals surface area (Å²) >= 11 is 0. The fourth-order valence-corrected chi connectivity index (χ4v) is 10.7. The maximum Gasteiger partial charge on any atom is 0.160 e. The van der Waals surface area contributed by atoms with Crippen molar-refractivity contribution in [2.24, 2.45) is 45.8 Å². The molecule has 0 spiro atoms. The van der Waals surface area contributed by atoms with E-state index >= 15 is 0 Å². The van der Waals surface area contributed by atoms with Crippen LogP contribution in [0.4, 0.5) is 0 Å². The maximum atomic E-state index is 14.5. The van der Waals surface area contributed by atoms with Gasteiger partial charge in [-0.1, -0.05) is 59.1 Å². The number of allylic oxidation sites excluding steroid dienone is 1. The fraction of sp³-hybridized carbons (Fsp3) is 0.914. The quantitative estimate of drug-likeness (QED) is 0.299. The molecule has 12 atom stereocenters. The minimum atomic E-state index is -0.615. The van der Waals surface area contributed by atoms with Gasteiger partial charge in [-0.3, -0.25) is 4.79 Å². The molecule has 3 saturated carbocycles. The Bertz CT molecular complexity index is 1000. The third-order valence-corrected chi connectivity index (χ3v) is 13.3. The molecule has 4 fully saturated rings. The van der Waals surface area contributed by atoms with Crippen molar-refractivity contribution in [2.75, 3.05) is 6.61 Å². The van der Waals surface area contributed by atoms with Crippen LogP contribution in [0.15, 0.2) is 11.6 Å². The van der Waals surface area contributed by atoms with E-state index in [-0.39, 0.29) is 46.9 Å². The first-order chi connectivity index (χ1) is 19.1. The standard InChI is InChI=1S/C35H58O6/c1-21(9-8-15-32(3,4)39)26-14-16-33(5)29-13-10-25-22(2)28(41-31-18-23(37)17-24(20-36)40-31)12-11-27(25)35(29,7)30(38)19-34(26,33)6/h10,21-24,26-29,31,36-37,39H,8-9,11-20H2,1-7H3/t21-,22-,23+,24+,26?,27?,28+,29?,31+,33+,34-,35+/m1/s1. The first-order valence-electron chi connectivity index (χ1n) is 16.7. The summed E-state index contributed by atoms with van der Waals surface area (Å²) in [4.78, 5) is 14.5. The van der Waals surface area contributed by atoms with Crippen molar-refractivity contribution in [1.29, 1.82) is 0 Å². The second-order valence-electron chi connectivity index (χ2n) is 16.1. The Balaban J connectivity index is 1.33. The molecule has 0 bridgehead atoms. The van der Waals surface area contributed by atoms with Gasteiger partial charge in [-0.25, -0.2) is 0 Å². The molecular weight excluding hydrogens is 516 g/mol. The van der Waals surface area contributed by atoms with Crippen molar-refractivity contribution in [3.63, 3.8) is 0 Å². The highest BCUT2D eigenvalue weighted by atomic mass is 16.7. The monoisotopic (exact) mass is 574 g/mol. The third-order valence-electron chi connectivity index (χ3n) is 13.3. The van der Waals surface area contributed by atoms with E-state index < -0.39 is 18.0 Å². The smallest absolute Gasteiger partial charge is 0.160 e. The summed E-state index contributed by atoms with van der Waals surface area (Å²) in [5.74, 6) is 2.39. The SMILES string of the molecule is C[C@H](CCCC(C)(C)O)C1CC[C@@]2(C)C3CC=C4C(CC[C@H](O[C@H]5C[C@@H](O)C[C@@H](CO)O5)[C@@H]4C)[C@]3(C)C(=O)C[C@]12C. The van der Waals surface area contributed by atoms with Gasteiger partial charge in [-0.05, 0) is 86.9 Å². The van der Waals surface area contributed by atoms with Crippen LogP contribution >= 0.6 is 0 Å². The normalized spacial score (nSPS) is 47.3. The topological polar surface area (TPSA) is 96.2 Å². The van der Waals surface area contributed by atoms with Gasteiger partial charge < -0.3 is 24.8 Å². The van der Waals surface area contributed by atoms with Crippen LogP contribution in [-0.2, 0) is 14.3 Å². The van der Waals surface area contributed by atoms with Crippen molar-refractivity contribution in [3.8, 4) is 0 Å². The minimum absolute atomic E-state index is 0.00699. The predicted molar refractivity (Wildman–Crippen MR) is 160 cm³/mol. The van der Waals surface area contributed by atoms with Crippen molar-refractivity contribution in [2.45, 2.75) is 149 Å². The lowest BCUT2D eigenvalue weighted by Crippen LogP contribution is -2.62. The molecule has 0 amide bonds. The first-order valence-corrected chi connectivity index (χ1v) is 16.7. The number of fused-ring (bicyclic) bond motifs is 5. The Hall–Kier alpha value is -0.790. The Morgan fingerprint density at radius 1 is 1.15 bits per heavy atom. The number of carbonyl (C=O) groups is 1. The van der Waals surface area contributed by atoms with Crippen LogP contribution in [0.1, 0.15) is 119 Å². The van der Waals surface area contributed by atoms with Crippen molar-refractivity contribution in [1.82, 2.24) is 0 Å². The molecule has 5 aliphatic rings. The highest BCUT2D eigenvalue weighted by Gasteiger charge is 2.69. The van der Waals surface area contributed by atoms with Gasteiger partial charge in [0.2, 0.25) is 0 Å². The Labute approximate surface area is 248 Å². The van der Waals surface area contributed by atoms with E-state index in [2.05, 4.69) is 40.7 Å². The molecule has 0 radical (unpaired) electrons. The lowest BCUT2D eigenvalue weighted by Gasteiger charge is -2.64. The summed E-state index contributed by atoms with van der Waals surface area (Å²) in [6.45, 7) is 15.6. The summed E-state index contributed by atoms with van der Waals surface area (Å²) in [6, 6.07) is 0. The van der Waals surface area contributed by atoms with Crippen molar-refractivity contribution < 1.29 is 29.6 Å². The van der Waals surface area contributed by atoms with Crippen LogP contribution in [0.25, 0.3) is 0 Å². The van der Waals surface area contributed by atoms with E-state index in [1.807, 2.05) is 13.8 Å². The molecule has 5 rings (SSSR count). The Morgan fingerprint density at radius 3 is 2.56 bits per heavy atom. The number of aliphatic hydroxyl groups excluding tert-OH is 2. The Kier molecular flexibility index (Phi) is 8.71. The summed E-state index contributed by atoms with van der Waals surface area (Å²) in [5, 5.41) is 30.1. The van der Waals surface area contributed by atoms with Crippen LogP contribution in [0, 0.1) is 45.8 Å². The summed E-state index contributed by atoms with van der Waals surface area (Å²) in [7, 11) is 0. The zero-order valence-electron chi connectivity index (χ0n) is 26.8. The molecule has 41 heavy (non-hydrogen) atoms. The zero-order valence-corrected chi connectivity index (χ0v) is 26.8. The van der Waals surface area contributed by atoms with E-state index in [9.17, 15) is 20.1 Å². The van der Waals surface area contributed by atoms with Crippen molar-refractivity contribution >= 4 is 5.78 Å². The molecule has 0 aromatic rings. The van der Waals surface area contributed by atoms with Gasteiger partial charge in [-0.2, -0.15) is 0 Å². The molecule has 1 heterocycles. The third kappa shape index (κ3) is 5.41. The molecule has 4 aliphatic carbocycles. The first kappa shape index (κ1) is 31.6. The molecule has 3 N–H and O–H groups in total. The second-order valence-corrected chi connectivity index (χ2v) is 16.1. The molecule has 1 aliphatic heterocycles. The van der Waals surface area contributed by atoms with E-state index in [1.165, 1.54) is 18.4 Å². The van der Waals surface area contributed by atoms with E-state index in [1.54, 1.807) is 0 Å².